The number of hydrogen-bond donors (Lipinski definition) is 2. The molecule has 12 heavy (non-hydrogen) atoms. The van der Waals surface area contributed by atoms with Gasteiger partial charge in [0.2, 0.25) is 0 Å². The predicted molar refractivity (Wildman–Crippen MR) is 51.1 cm³/mol. The third-order valence-corrected chi connectivity index (χ3v) is 2.24. The van der Waals surface area contributed by atoms with Gasteiger partial charge in [-0.1, -0.05) is 39.7 Å². The molecule has 0 aliphatic carbocycles. The SMILES string of the molecule is C=C(O)C(O)C(CC)CCCC. The molecule has 0 rings (SSSR count). The Bertz CT molecular complexity index is 132. The standard InChI is InChI=1S/C10H20O2/c1-4-6-7-9(5-2)10(12)8(3)11/h9-12H,3-7H2,1-2H3. The van der Waals surface area contributed by atoms with Crippen LogP contribution in [0.3, 0.4) is 0 Å². The Morgan fingerprint density at radius 2 is 2.00 bits per heavy atom. The molecule has 0 heterocycles. The van der Waals surface area contributed by atoms with Crippen LogP contribution in [0.4, 0.5) is 0 Å². The molecule has 72 valence electrons. The van der Waals surface area contributed by atoms with Crippen molar-refractivity contribution < 1.29 is 10.2 Å². The lowest BCUT2D eigenvalue weighted by molar-refractivity contribution is 0.0895. The molecule has 0 aromatic heterocycles. The quantitative estimate of drug-likeness (QED) is 0.605. The van der Waals surface area contributed by atoms with Gasteiger partial charge in [0.1, 0.15) is 11.9 Å². The summed E-state index contributed by atoms with van der Waals surface area (Å²) in [4.78, 5) is 0. The average molecular weight is 172 g/mol. The van der Waals surface area contributed by atoms with E-state index >= 15 is 0 Å². The van der Waals surface area contributed by atoms with Gasteiger partial charge in [-0.3, -0.25) is 0 Å². The molecular formula is C10H20O2. The van der Waals surface area contributed by atoms with E-state index in [0.717, 1.165) is 25.7 Å². The summed E-state index contributed by atoms with van der Waals surface area (Å²) in [6.45, 7) is 7.48. The van der Waals surface area contributed by atoms with Gasteiger partial charge in [0, 0.05) is 0 Å². The Morgan fingerprint density at radius 3 is 2.33 bits per heavy atom. The summed E-state index contributed by atoms with van der Waals surface area (Å²) < 4.78 is 0. The van der Waals surface area contributed by atoms with Gasteiger partial charge in [-0.2, -0.15) is 0 Å². The highest BCUT2D eigenvalue weighted by Gasteiger charge is 2.18. The molecular weight excluding hydrogens is 152 g/mol. The fourth-order valence-electron chi connectivity index (χ4n) is 1.32. The Morgan fingerprint density at radius 1 is 1.42 bits per heavy atom. The maximum atomic E-state index is 9.46. The van der Waals surface area contributed by atoms with Crippen molar-refractivity contribution in [3.63, 3.8) is 0 Å². The molecule has 0 bridgehead atoms. The van der Waals surface area contributed by atoms with Gasteiger partial charge in [0.05, 0.1) is 0 Å². The van der Waals surface area contributed by atoms with Gasteiger partial charge in [-0.15, -0.1) is 0 Å². The minimum absolute atomic E-state index is 0.0991. The molecule has 0 saturated carbocycles. The first kappa shape index (κ1) is 11.5. The minimum Gasteiger partial charge on any atom is -0.510 e. The van der Waals surface area contributed by atoms with Crippen molar-refractivity contribution >= 4 is 0 Å². The van der Waals surface area contributed by atoms with Crippen LogP contribution in [0.2, 0.25) is 0 Å². The molecule has 2 N–H and O–H groups in total. The van der Waals surface area contributed by atoms with E-state index in [9.17, 15) is 5.11 Å². The number of rotatable bonds is 6. The molecule has 2 nitrogen and oxygen atoms in total. The smallest absolute Gasteiger partial charge is 0.114 e. The van der Waals surface area contributed by atoms with Crippen molar-refractivity contribution in [2.45, 2.75) is 45.6 Å². The summed E-state index contributed by atoms with van der Waals surface area (Å²) in [5, 5.41) is 18.4. The highest BCUT2D eigenvalue weighted by atomic mass is 16.3. The van der Waals surface area contributed by atoms with E-state index in [0.29, 0.717) is 0 Å². The summed E-state index contributed by atoms with van der Waals surface area (Å²) in [5.74, 6) is 0.0698. The predicted octanol–water partition coefficient (Wildman–Crippen LogP) is 2.64. The molecule has 0 amide bonds. The summed E-state index contributed by atoms with van der Waals surface area (Å²) in [6, 6.07) is 0. The van der Waals surface area contributed by atoms with Crippen LogP contribution in [-0.2, 0) is 0 Å². The Labute approximate surface area is 74.9 Å². The zero-order chi connectivity index (χ0) is 9.56. The normalized spacial score (nSPS) is 15.6. The van der Waals surface area contributed by atoms with Crippen molar-refractivity contribution in [2.75, 3.05) is 0 Å². The maximum Gasteiger partial charge on any atom is 0.114 e. The third-order valence-electron chi connectivity index (χ3n) is 2.24. The van der Waals surface area contributed by atoms with E-state index in [2.05, 4.69) is 13.5 Å². The molecule has 0 aromatic rings. The van der Waals surface area contributed by atoms with Crippen molar-refractivity contribution in [2.24, 2.45) is 5.92 Å². The van der Waals surface area contributed by atoms with Crippen LogP contribution in [-0.4, -0.2) is 16.3 Å². The highest BCUT2D eigenvalue weighted by molar-refractivity contribution is 4.92. The van der Waals surface area contributed by atoms with E-state index in [1.807, 2.05) is 6.92 Å². The molecule has 2 unspecified atom stereocenters. The molecule has 0 aliphatic heterocycles. The molecule has 0 aliphatic rings. The van der Waals surface area contributed by atoms with Gasteiger partial charge < -0.3 is 10.2 Å². The van der Waals surface area contributed by atoms with Crippen LogP contribution in [0.1, 0.15) is 39.5 Å². The van der Waals surface area contributed by atoms with E-state index in [4.69, 9.17) is 5.11 Å². The molecule has 2 heteroatoms. The van der Waals surface area contributed by atoms with Gasteiger partial charge in [0.15, 0.2) is 0 Å². The van der Waals surface area contributed by atoms with Crippen molar-refractivity contribution in [3.8, 4) is 0 Å². The Kier molecular flexibility index (Phi) is 5.81. The molecule has 0 fully saturated rings. The summed E-state index contributed by atoms with van der Waals surface area (Å²) in [6.07, 6.45) is 3.35. The van der Waals surface area contributed by atoms with Crippen molar-refractivity contribution in [1.82, 2.24) is 0 Å². The van der Waals surface area contributed by atoms with E-state index in [-0.39, 0.29) is 11.7 Å². The first-order chi connectivity index (χ1) is 5.63. The van der Waals surface area contributed by atoms with Gasteiger partial charge in [-0.05, 0) is 12.3 Å². The third kappa shape index (κ3) is 3.77. The van der Waals surface area contributed by atoms with Crippen LogP contribution < -0.4 is 0 Å². The molecule has 0 spiro atoms. The highest BCUT2D eigenvalue weighted by Crippen LogP contribution is 2.19. The lowest BCUT2D eigenvalue weighted by atomic mass is 9.93. The Balaban J connectivity index is 3.87. The number of aliphatic hydroxyl groups is 2. The number of unbranched alkanes of at least 4 members (excludes halogenated alkanes) is 1. The van der Waals surface area contributed by atoms with E-state index < -0.39 is 6.10 Å². The van der Waals surface area contributed by atoms with Crippen LogP contribution >= 0.6 is 0 Å². The van der Waals surface area contributed by atoms with Crippen LogP contribution in [0.25, 0.3) is 0 Å². The van der Waals surface area contributed by atoms with Crippen LogP contribution in [0.5, 0.6) is 0 Å². The molecule has 0 aromatic carbocycles. The van der Waals surface area contributed by atoms with E-state index in [1.54, 1.807) is 0 Å². The Hall–Kier alpha value is -0.500. The lowest BCUT2D eigenvalue weighted by Crippen LogP contribution is -2.21. The monoisotopic (exact) mass is 172 g/mol. The largest absolute Gasteiger partial charge is 0.510 e. The first-order valence-electron chi connectivity index (χ1n) is 4.69. The zero-order valence-corrected chi connectivity index (χ0v) is 8.08. The fraction of sp³-hybridized carbons (Fsp3) is 0.800. The molecule has 0 radical (unpaired) electrons. The van der Waals surface area contributed by atoms with Gasteiger partial charge in [0.25, 0.3) is 0 Å². The minimum atomic E-state index is -0.735. The van der Waals surface area contributed by atoms with Crippen molar-refractivity contribution in [3.05, 3.63) is 12.3 Å². The van der Waals surface area contributed by atoms with Gasteiger partial charge >= 0.3 is 0 Å². The first-order valence-corrected chi connectivity index (χ1v) is 4.69. The lowest BCUT2D eigenvalue weighted by Gasteiger charge is -2.19. The van der Waals surface area contributed by atoms with Crippen LogP contribution in [0.15, 0.2) is 12.3 Å². The second-order valence-corrected chi connectivity index (χ2v) is 3.25. The summed E-state index contributed by atoms with van der Waals surface area (Å²) in [7, 11) is 0. The van der Waals surface area contributed by atoms with Gasteiger partial charge in [-0.25, -0.2) is 0 Å². The van der Waals surface area contributed by atoms with E-state index in [1.165, 1.54) is 0 Å². The average Bonchev–Trinajstić information content (AvgIpc) is 2.05. The van der Waals surface area contributed by atoms with Crippen LogP contribution in [0, 0.1) is 5.92 Å². The summed E-state index contributed by atoms with van der Waals surface area (Å²) >= 11 is 0. The maximum absolute atomic E-state index is 9.46. The summed E-state index contributed by atoms with van der Waals surface area (Å²) in [5.41, 5.74) is 0. The number of hydrogen-bond acceptors (Lipinski definition) is 2. The number of aliphatic hydroxyl groups excluding tert-OH is 2. The topological polar surface area (TPSA) is 40.5 Å². The zero-order valence-electron chi connectivity index (χ0n) is 8.08. The molecule has 0 saturated heterocycles. The second kappa shape index (κ2) is 6.06. The molecule has 2 atom stereocenters. The van der Waals surface area contributed by atoms with Crippen molar-refractivity contribution in [1.29, 1.82) is 0 Å². The fourth-order valence-corrected chi connectivity index (χ4v) is 1.32. The second-order valence-electron chi connectivity index (χ2n) is 3.25.